The molecule has 4 rings (SSSR count). The zero-order chi connectivity index (χ0) is 18.9. The molecule has 0 spiro atoms. The van der Waals surface area contributed by atoms with Gasteiger partial charge in [0, 0.05) is 29.6 Å². The highest BCUT2D eigenvalue weighted by molar-refractivity contribution is 5.59. The lowest BCUT2D eigenvalue weighted by Gasteiger charge is -2.32. The van der Waals surface area contributed by atoms with Crippen molar-refractivity contribution in [2.45, 2.75) is 26.5 Å². The molecule has 1 aromatic carbocycles. The summed E-state index contributed by atoms with van der Waals surface area (Å²) in [7, 11) is 0. The van der Waals surface area contributed by atoms with Crippen molar-refractivity contribution in [3.63, 3.8) is 0 Å². The van der Waals surface area contributed by atoms with Crippen LogP contribution in [0.5, 0.6) is 0 Å². The SMILES string of the molecule is CC(O)c1nccn1Cc1cc(-c2ccc(C#CC3(C)COC3)cc2)on1. The Morgan fingerprint density at radius 1 is 1.30 bits per heavy atom. The van der Waals surface area contributed by atoms with Crippen LogP contribution < -0.4 is 0 Å². The number of nitrogens with zero attached hydrogens (tertiary/aromatic N) is 3. The summed E-state index contributed by atoms with van der Waals surface area (Å²) in [5, 5.41) is 13.9. The highest BCUT2D eigenvalue weighted by atomic mass is 16.5. The summed E-state index contributed by atoms with van der Waals surface area (Å²) in [6, 6.07) is 9.82. The van der Waals surface area contributed by atoms with E-state index in [2.05, 4.69) is 28.9 Å². The minimum absolute atomic E-state index is 0.0171. The Morgan fingerprint density at radius 2 is 2.07 bits per heavy atom. The molecular weight excluding hydrogens is 342 g/mol. The molecule has 2 aromatic heterocycles. The van der Waals surface area contributed by atoms with E-state index in [1.165, 1.54) is 0 Å². The van der Waals surface area contributed by atoms with E-state index in [9.17, 15) is 5.11 Å². The lowest BCUT2D eigenvalue weighted by atomic mass is 9.89. The molecule has 0 amide bonds. The molecule has 1 atom stereocenters. The zero-order valence-corrected chi connectivity index (χ0v) is 15.3. The number of rotatable bonds is 4. The van der Waals surface area contributed by atoms with Gasteiger partial charge in [-0.15, -0.1) is 0 Å². The molecule has 6 heteroatoms. The normalized spacial score (nSPS) is 16.3. The fourth-order valence-corrected chi connectivity index (χ4v) is 2.94. The Hall–Kier alpha value is -2.88. The summed E-state index contributed by atoms with van der Waals surface area (Å²) < 4.78 is 12.6. The molecule has 0 bridgehead atoms. The lowest BCUT2D eigenvalue weighted by Crippen LogP contribution is -2.38. The van der Waals surface area contributed by atoms with Crippen molar-refractivity contribution in [2.24, 2.45) is 5.41 Å². The molecule has 0 aliphatic carbocycles. The van der Waals surface area contributed by atoms with Crippen LogP contribution in [0.2, 0.25) is 0 Å². The van der Waals surface area contributed by atoms with Crippen LogP contribution in [0, 0.1) is 17.3 Å². The first-order valence-corrected chi connectivity index (χ1v) is 8.88. The Bertz CT molecular complexity index is 986. The maximum atomic E-state index is 9.75. The van der Waals surface area contributed by atoms with Crippen LogP contribution in [0.3, 0.4) is 0 Å². The van der Waals surface area contributed by atoms with Crippen LogP contribution in [-0.2, 0) is 11.3 Å². The molecule has 6 nitrogen and oxygen atoms in total. The summed E-state index contributed by atoms with van der Waals surface area (Å²) in [5.41, 5.74) is 2.66. The monoisotopic (exact) mass is 363 g/mol. The molecule has 3 aromatic rings. The van der Waals surface area contributed by atoms with Crippen molar-refractivity contribution in [2.75, 3.05) is 13.2 Å². The molecule has 1 unspecified atom stereocenters. The molecule has 1 aliphatic rings. The third-order valence-electron chi connectivity index (χ3n) is 4.53. The van der Waals surface area contributed by atoms with Gasteiger partial charge in [-0.25, -0.2) is 4.98 Å². The summed E-state index contributed by atoms with van der Waals surface area (Å²) in [5.74, 6) is 7.78. The Kier molecular flexibility index (Phi) is 4.56. The van der Waals surface area contributed by atoms with Crippen LogP contribution in [0.15, 0.2) is 47.2 Å². The Balaban J connectivity index is 1.47. The highest BCUT2D eigenvalue weighted by Gasteiger charge is 2.30. The first-order chi connectivity index (χ1) is 13.0. The van der Waals surface area contributed by atoms with Crippen molar-refractivity contribution < 1.29 is 14.4 Å². The Morgan fingerprint density at radius 3 is 2.74 bits per heavy atom. The van der Waals surface area contributed by atoms with E-state index in [4.69, 9.17) is 9.26 Å². The van der Waals surface area contributed by atoms with E-state index < -0.39 is 6.10 Å². The number of imidazole rings is 1. The predicted molar refractivity (Wildman–Crippen MR) is 99.7 cm³/mol. The van der Waals surface area contributed by atoms with E-state index in [-0.39, 0.29) is 5.41 Å². The van der Waals surface area contributed by atoms with E-state index >= 15 is 0 Å². The van der Waals surface area contributed by atoms with Crippen LogP contribution in [0.1, 0.15) is 37.0 Å². The predicted octanol–water partition coefficient (Wildman–Crippen LogP) is 3.03. The van der Waals surface area contributed by atoms with Crippen LogP contribution in [-0.4, -0.2) is 33.0 Å². The first kappa shape index (κ1) is 17.5. The van der Waals surface area contributed by atoms with Crippen molar-refractivity contribution in [3.05, 3.63) is 59.8 Å². The summed E-state index contributed by atoms with van der Waals surface area (Å²) >= 11 is 0. The number of hydrogen-bond donors (Lipinski definition) is 1. The molecule has 1 N–H and O–H groups in total. The van der Waals surface area contributed by atoms with Gasteiger partial charge in [0.25, 0.3) is 0 Å². The van der Waals surface area contributed by atoms with E-state index in [1.54, 1.807) is 13.1 Å². The van der Waals surface area contributed by atoms with Crippen LogP contribution in [0.25, 0.3) is 11.3 Å². The first-order valence-electron chi connectivity index (χ1n) is 8.88. The summed E-state index contributed by atoms with van der Waals surface area (Å²) in [6.07, 6.45) is 2.85. The van der Waals surface area contributed by atoms with Gasteiger partial charge in [-0.3, -0.25) is 0 Å². The lowest BCUT2D eigenvalue weighted by molar-refractivity contribution is -0.0648. The van der Waals surface area contributed by atoms with Crippen molar-refractivity contribution in [3.8, 4) is 23.2 Å². The number of ether oxygens (including phenoxy) is 1. The number of aliphatic hydroxyl groups excluding tert-OH is 1. The average Bonchev–Trinajstić information content (AvgIpc) is 3.29. The fraction of sp³-hybridized carbons (Fsp3) is 0.333. The fourth-order valence-electron chi connectivity index (χ4n) is 2.94. The maximum Gasteiger partial charge on any atom is 0.167 e. The van der Waals surface area contributed by atoms with E-state index in [1.807, 2.05) is 41.1 Å². The molecule has 1 aliphatic heterocycles. The smallest absolute Gasteiger partial charge is 0.167 e. The quantitative estimate of drug-likeness (QED) is 0.722. The van der Waals surface area contributed by atoms with Gasteiger partial charge < -0.3 is 18.9 Å². The summed E-state index contributed by atoms with van der Waals surface area (Å²) in [6.45, 7) is 5.69. The second-order valence-corrected chi connectivity index (χ2v) is 7.15. The standard InChI is InChI=1S/C21H21N3O3/c1-15(25)20-22-9-10-24(20)12-18-11-19(27-23-18)17-5-3-16(4-6-17)7-8-21(2)13-26-14-21/h3-6,9-11,15,25H,12-14H2,1-2H3. The van der Waals surface area contributed by atoms with Gasteiger partial charge in [0.15, 0.2) is 5.76 Å². The Labute approximate surface area is 157 Å². The minimum Gasteiger partial charge on any atom is -0.385 e. The van der Waals surface area contributed by atoms with Crippen LogP contribution >= 0.6 is 0 Å². The minimum atomic E-state index is -0.631. The van der Waals surface area contributed by atoms with Crippen molar-refractivity contribution in [1.82, 2.24) is 14.7 Å². The van der Waals surface area contributed by atoms with Gasteiger partial charge in [0.1, 0.15) is 17.6 Å². The molecule has 0 radical (unpaired) electrons. The van der Waals surface area contributed by atoms with Gasteiger partial charge >= 0.3 is 0 Å². The van der Waals surface area contributed by atoms with Crippen molar-refractivity contribution >= 4 is 0 Å². The summed E-state index contributed by atoms with van der Waals surface area (Å²) in [4.78, 5) is 4.17. The second-order valence-electron chi connectivity index (χ2n) is 7.15. The highest BCUT2D eigenvalue weighted by Crippen LogP contribution is 2.26. The van der Waals surface area contributed by atoms with Crippen LogP contribution in [0.4, 0.5) is 0 Å². The third-order valence-corrected chi connectivity index (χ3v) is 4.53. The zero-order valence-electron chi connectivity index (χ0n) is 15.3. The number of aliphatic hydroxyl groups is 1. The average molecular weight is 363 g/mol. The number of hydrogen-bond acceptors (Lipinski definition) is 5. The molecule has 1 saturated heterocycles. The van der Waals surface area contributed by atoms with Gasteiger partial charge in [0.2, 0.25) is 0 Å². The molecule has 0 saturated carbocycles. The van der Waals surface area contributed by atoms with Crippen molar-refractivity contribution in [1.29, 1.82) is 0 Å². The third kappa shape index (κ3) is 3.80. The largest absolute Gasteiger partial charge is 0.385 e. The topological polar surface area (TPSA) is 73.3 Å². The molecule has 138 valence electrons. The number of benzene rings is 1. The van der Waals surface area contributed by atoms with Gasteiger partial charge in [-0.1, -0.05) is 17.0 Å². The molecule has 1 fully saturated rings. The number of aromatic nitrogens is 3. The molecule has 3 heterocycles. The van der Waals surface area contributed by atoms with E-state index in [0.29, 0.717) is 31.3 Å². The van der Waals surface area contributed by atoms with Gasteiger partial charge in [0.05, 0.1) is 25.2 Å². The van der Waals surface area contributed by atoms with E-state index in [0.717, 1.165) is 16.8 Å². The van der Waals surface area contributed by atoms with Gasteiger partial charge in [-0.2, -0.15) is 0 Å². The molecular formula is C21H21N3O3. The maximum absolute atomic E-state index is 9.75. The molecule has 27 heavy (non-hydrogen) atoms. The van der Waals surface area contributed by atoms with Gasteiger partial charge in [-0.05, 0) is 38.1 Å². The second kappa shape index (κ2) is 7.03.